The Kier molecular flexibility index (Phi) is 4.63. The van der Waals surface area contributed by atoms with Crippen LogP contribution >= 0.6 is 0 Å². The molecule has 2 aliphatic heterocycles. The van der Waals surface area contributed by atoms with Gasteiger partial charge in [0.05, 0.1) is 6.10 Å². The number of urea groups is 1. The molecule has 6 nitrogen and oxygen atoms in total. The minimum Gasteiger partial charge on any atom is -0.480 e. The molecule has 2 heterocycles. The number of carbonyl (C=O) groups is 2. The first-order valence-corrected chi connectivity index (χ1v) is 6.97. The van der Waals surface area contributed by atoms with Gasteiger partial charge in [-0.1, -0.05) is 6.92 Å². The van der Waals surface area contributed by atoms with E-state index in [0.29, 0.717) is 25.4 Å². The highest BCUT2D eigenvalue weighted by molar-refractivity contribution is 5.82. The van der Waals surface area contributed by atoms with Crippen molar-refractivity contribution in [3.8, 4) is 0 Å². The number of hydrogen-bond donors (Lipinski definition) is 2. The third-order valence-electron chi connectivity index (χ3n) is 3.92. The van der Waals surface area contributed by atoms with Gasteiger partial charge in [0.15, 0.2) is 0 Å². The average molecular weight is 270 g/mol. The predicted octanol–water partition coefficient (Wildman–Crippen LogP) is 1.06. The summed E-state index contributed by atoms with van der Waals surface area (Å²) in [7, 11) is 0. The Morgan fingerprint density at radius 1 is 1.42 bits per heavy atom. The third kappa shape index (κ3) is 3.59. The Labute approximate surface area is 113 Å². The molecular formula is C13H22N2O4. The first kappa shape index (κ1) is 14.1. The maximum Gasteiger partial charge on any atom is 0.326 e. The number of carbonyl (C=O) groups excluding carboxylic acids is 1. The van der Waals surface area contributed by atoms with Crippen LogP contribution in [0.3, 0.4) is 0 Å². The van der Waals surface area contributed by atoms with E-state index in [-0.39, 0.29) is 12.1 Å². The van der Waals surface area contributed by atoms with Crippen molar-refractivity contribution in [2.45, 2.75) is 44.8 Å². The topological polar surface area (TPSA) is 78.9 Å². The Morgan fingerprint density at radius 2 is 2.21 bits per heavy atom. The van der Waals surface area contributed by atoms with Crippen molar-refractivity contribution in [3.63, 3.8) is 0 Å². The number of nitrogens with one attached hydrogen (secondary N) is 1. The van der Waals surface area contributed by atoms with Gasteiger partial charge in [0, 0.05) is 19.7 Å². The second-order valence-electron chi connectivity index (χ2n) is 5.50. The van der Waals surface area contributed by atoms with Crippen LogP contribution in [0.1, 0.15) is 32.6 Å². The van der Waals surface area contributed by atoms with Gasteiger partial charge in [0.25, 0.3) is 0 Å². The van der Waals surface area contributed by atoms with E-state index in [1.807, 2.05) is 6.92 Å². The smallest absolute Gasteiger partial charge is 0.326 e. The Hall–Kier alpha value is -1.30. The van der Waals surface area contributed by atoms with Crippen molar-refractivity contribution in [1.29, 1.82) is 0 Å². The maximum absolute atomic E-state index is 12.1. The average Bonchev–Trinajstić information content (AvgIpc) is 2.88. The summed E-state index contributed by atoms with van der Waals surface area (Å²) in [5, 5.41) is 12.0. The summed E-state index contributed by atoms with van der Waals surface area (Å²) < 4.78 is 5.43. The molecule has 0 saturated carbocycles. The quantitative estimate of drug-likeness (QED) is 0.803. The summed E-state index contributed by atoms with van der Waals surface area (Å²) in [6.45, 7) is 3.75. The highest BCUT2D eigenvalue weighted by Gasteiger charge is 2.34. The number of ether oxygens (including phenoxy) is 1. The highest BCUT2D eigenvalue weighted by Crippen LogP contribution is 2.22. The minimum absolute atomic E-state index is 0.0796. The summed E-state index contributed by atoms with van der Waals surface area (Å²) in [6, 6.07) is -0.983. The third-order valence-corrected chi connectivity index (χ3v) is 3.92. The molecule has 0 radical (unpaired) electrons. The van der Waals surface area contributed by atoms with Gasteiger partial charge in [0.1, 0.15) is 6.04 Å². The lowest BCUT2D eigenvalue weighted by molar-refractivity contribution is -0.143. The molecule has 0 spiro atoms. The summed E-state index contributed by atoms with van der Waals surface area (Å²) in [4.78, 5) is 24.7. The SMILES string of the molecule is CC1CCN(C(=O)NCC2CCCO2)C(C(=O)O)C1. The van der Waals surface area contributed by atoms with Crippen molar-refractivity contribution in [2.24, 2.45) is 5.92 Å². The fraction of sp³-hybridized carbons (Fsp3) is 0.846. The summed E-state index contributed by atoms with van der Waals surface area (Å²) >= 11 is 0. The zero-order valence-corrected chi connectivity index (χ0v) is 11.3. The molecular weight excluding hydrogens is 248 g/mol. The van der Waals surface area contributed by atoms with Crippen molar-refractivity contribution in [3.05, 3.63) is 0 Å². The van der Waals surface area contributed by atoms with Crippen molar-refractivity contribution >= 4 is 12.0 Å². The largest absolute Gasteiger partial charge is 0.480 e. The molecule has 2 rings (SSSR count). The fourth-order valence-electron chi connectivity index (χ4n) is 2.73. The van der Waals surface area contributed by atoms with E-state index in [1.54, 1.807) is 0 Å². The van der Waals surface area contributed by atoms with Crippen molar-refractivity contribution in [1.82, 2.24) is 10.2 Å². The summed E-state index contributed by atoms with van der Waals surface area (Å²) in [5.74, 6) is -0.567. The van der Waals surface area contributed by atoms with Gasteiger partial charge >= 0.3 is 12.0 Å². The molecule has 2 amide bonds. The minimum atomic E-state index is -0.918. The van der Waals surface area contributed by atoms with Crippen molar-refractivity contribution < 1.29 is 19.4 Å². The number of carboxylic acids is 1. The molecule has 3 unspecified atom stereocenters. The standard InChI is InChI=1S/C13H22N2O4/c1-9-4-5-15(11(7-9)12(16)17)13(18)14-8-10-3-2-6-19-10/h9-11H,2-8H2,1H3,(H,14,18)(H,16,17). The number of likely N-dealkylation sites (tertiary alicyclic amines) is 1. The highest BCUT2D eigenvalue weighted by atomic mass is 16.5. The van der Waals surface area contributed by atoms with Crippen LogP contribution in [0.2, 0.25) is 0 Å². The molecule has 3 atom stereocenters. The molecule has 0 aromatic rings. The molecule has 2 fully saturated rings. The molecule has 2 N–H and O–H groups in total. The number of piperidine rings is 1. The van der Waals surface area contributed by atoms with E-state index in [1.165, 1.54) is 4.90 Å². The number of carboxylic acid groups (broad SMARTS) is 1. The summed E-state index contributed by atoms with van der Waals surface area (Å²) in [5.41, 5.74) is 0. The van der Waals surface area contributed by atoms with Crippen LogP contribution in [0.4, 0.5) is 4.79 Å². The second-order valence-corrected chi connectivity index (χ2v) is 5.50. The molecule has 108 valence electrons. The molecule has 2 saturated heterocycles. The number of nitrogens with zero attached hydrogens (tertiary/aromatic N) is 1. The fourth-order valence-corrected chi connectivity index (χ4v) is 2.73. The molecule has 6 heteroatoms. The van der Waals surface area contributed by atoms with Crippen molar-refractivity contribution in [2.75, 3.05) is 19.7 Å². The number of rotatable bonds is 3. The van der Waals surface area contributed by atoms with Gasteiger partial charge in [-0.15, -0.1) is 0 Å². The van der Waals surface area contributed by atoms with E-state index in [2.05, 4.69) is 5.32 Å². The number of amides is 2. The van der Waals surface area contributed by atoms with Crippen LogP contribution in [0.15, 0.2) is 0 Å². The van der Waals surface area contributed by atoms with Crippen LogP contribution in [-0.4, -0.2) is 53.8 Å². The Bertz CT molecular complexity index is 342. The van der Waals surface area contributed by atoms with Crippen LogP contribution in [0.25, 0.3) is 0 Å². The van der Waals surface area contributed by atoms with Gasteiger partial charge in [0.2, 0.25) is 0 Å². The van der Waals surface area contributed by atoms with E-state index in [0.717, 1.165) is 25.9 Å². The predicted molar refractivity (Wildman–Crippen MR) is 68.9 cm³/mol. The van der Waals surface area contributed by atoms with Crippen LogP contribution in [-0.2, 0) is 9.53 Å². The van der Waals surface area contributed by atoms with E-state index >= 15 is 0 Å². The van der Waals surface area contributed by atoms with Gasteiger partial charge in [-0.05, 0) is 31.6 Å². The van der Waals surface area contributed by atoms with E-state index in [9.17, 15) is 14.7 Å². The second kappa shape index (κ2) is 6.23. The summed E-state index contributed by atoms with van der Waals surface area (Å²) in [6.07, 6.45) is 3.45. The Morgan fingerprint density at radius 3 is 2.84 bits per heavy atom. The van der Waals surface area contributed by atoms with Crippen LogP contribution < -0.4 is 5.32 Å². The monoisotopic (exact) mass is 270 g/mol. The van der Waals surface area contributed by atoms with Gasteiger partial charge in [-0.3, -0.25) is 0 Å². The van der Waals surface area contributed by atoms with E-state index < -0.39 is 12.0 Å². The van der Waals surface area contributed by atoms with E-state index in [4.69, 9.17) is 4.74 Å². The number of aliphatic carboxylic acids is 1. The Balaban J connectivity index is 1.86. The maximum atomic E-state index is 12.1. The van der Waals surface area contributed by atoms with Crippen LogP contribution in [0, 0.1) is 5.92 Å². The van der Waals surface area contributed by atoms with Gasteiger partial charge in [-0.2, -0.15) is 0 Å². The molecule has 0 aromatic heterocycles. The molecule has 0 bridgehead atoms. The zero-order valence-electron chi connectivity index (χ0n) is 11.3. The lowest BCUT2D eigenvalue weighted by Crippen LogP contribution is -2.54. The molecule has 0 aromatic carbocycles. The zero-order chi connectivity index (χ0) is 13.8. The normalized spacial score (nSPS) is 31.2. The lowest BCUT2D eigenvalue weighted by atomic mass is 9.93. The molecule has 2 aliphatic rings. The lowest BCUT2D eigenvalue weighted by Gasteiger charge is -2.36. The van der Waals surface area contributed by atoms with Crippen LogP contribution in [0.5, 0.6) is 0 Å². The molecule has 19 heavy (non-hydrogen) atoms. The first-order chi connectivity index (χ1) is 9.08. The molecule has 0 aliphatic carbocycles. The number of hydrogen-bond acceptors (Lipinski definition) is 3. The first-order valence-electron chi connectivity index (χ1n) is 6.97. The van der Waals surface area contributed by atoms with Gasteiger partial charge in [-0.25, -0.2) is 9.59 Å². The van der Waals surface area contributed by atoms with Gasteiger partial charge < -0.3 is 20.1 Å².